The van der Waals surface area contributed by atoms with Crippen molar-refractivity contribution in [2.45, 2.75) is 39.5 Å². The van der Waals surface area contributed by atoms with Gasteiger partial charge in [0.2, 0.25) is 0 Å². The lowest BCUT2D eigenvalue weighted by Gasteiger charge is -2.23. The highest BCUT2D eigenvalue weighted by Crippen LogP contribution is 2.20. The monoisotopic (exact) mass is 330 g/mol. The van der Waals surface area contributed by atoms with Crippen LogP contribution in [0.3, 0.4) is 0 Å². The van der Waals surface area contributed by atoms with Gasteiger partial charge in [0.05, 0.1) is 0 Å². The van der Waals surface area contributed by atoms with E-state index in [-0.39, 0.29) is 6.03 Å². The van der Waals surface area contributed by atoms with Crippen LogP contribution in [-0.4, -0.2) is 44.2 Å². The molecule has 2 aromatic rings. The van der Waals surface area contributed by atoms with Gasteiger partial charge in [0, 0.05) is 31.4 Å². The maximum atomic E-state index is 12.6. The van der Waals surface area contributed by atoms with Crippen LogP contribution >= 0.6 is 0 Å². The molecule has 0 unspecified atom stereocenters. The summed E-state index contributed by atoms with van der Waals surface area (Å²) in [6.07, 6.45) is 4.18. The Morgan fingerprint density at radius 3 is 2.50 bits per heavy atom. The fraction of sp³-hybridized carbons (Fsp3) is 0.529. The molecule has 7 heteroatoms. The van der Waals surface area contributed by atoms with Crippen LogP contribution in [0.2, 0.25) is 0 Å². The number of benzene rings is 1. The van der Waals surface area contributed by atoms with E-state index in [0.717, 1.165) is 50.0 Å². The van der Waals surface area contributed by atoms with Gasteiger partial charge in [-0.3, -0.25) is 0 Å². The lowest BCUT2D eigenvalue weighted by Crippen LogP contribution is -2.36. The van der Waals surface area contributed by atoms with Gasteiger partial charge >= 0.3 is 6.03 Å². The van der Waals surface area contributed by atoms with E-state index >= 15 is 0 Å². The first kappa shape index (κ1) is 17.9. The average Bonchev–Trinajstić information content (AvgIpc) is 3.01. The molecule has 2 rings (SSSR count). The molecule has 0 aliphatic carbocycles. The second-order valence-electron chi connectivity index (χ2n) is 5.83. The highest BCUT2D eigenvalue weighted by atomic mass is 16.2. The smallest absolute Gasteiger partial charge is 0.321 e. The molecule has 1 N–H and O–H groups in total. The van der Waals surface area contributed by atoms with Crippen LogP contribution in [-0.2, 0) is 7.05 Å². The Bertz CT molecular complexity index is 646. The highest BCUT2D eigenvalue weighted by molar-refractivity contribution is 5.90. The molecular formula is C17H26N6O. The molecule has 0 saturated heterocycles. The summed E-state index contributed by atoms with van der Waals surface area (Å²) in [5.74, 6) is 0.667. The summed E-state index contributed by atoms with van der Waals surface area (Å²) in [5.41, 5.74) is 1.62. The third-order valence-corrected chi connectivity index (χ3v) is 3.84. The van der Waals surface area contributed by atoms with Crippen molar-refractivity contribution in [2.24, 2.45) is 7.05 Å². The number of hydrogen-bond acceptors (Lipinski definition) is 4. The van der Waals surface area contributed by atoms with Crippen LogP contribution in [0.4, 0.5) is 10.5 Å². The van der Waals surface area contributed by atoms with E-state index < -0.39 is 0 Å². The lowest BCUT2D eigenvalue weighted by atomic mass is 10.2. The Morgan fingerprint density at radius 2 is 1.92 bits per heavy atom. The van der Waals surface area contributed by atoms with Crippen molar-refractivity contribution in [3.05, 3.63) is 24.3 Å². The Hall–Kier alpha value is -2.44. The number of nitrogens with one attached hydrogen (secondary N) is 1. The number of urea groups is 1. The summed E-state index contributed by atoms with van der Waals surface area (Å²) < 4.78 is 1.61. The van der Waals surface area contributed by atoms with E-state index in [1.165, 1.54) is 0 Å². The van der Waals surface area contributed by atoms with Gasteiger partial charge in [-0.2, -0.15) is 0 Å². The second-order valence-corrected chi connectivity index (χ2v) is 5.83. The maximum absolute atomic E-state index is 12.6. The summed E-state index contributed by atoms with van der Waals surface area (Å²) in [6.45, 7) is 5.84. The molecule has 2 amide bonds. The average molecular weight is 330 g/mol. The third-order valence-electron chi connectivity index (χ3n) is 3.84. The van der Waals surface area contributed by atoms with Gasteiger partial charge in [-0.15, -0.1) is 5.10 Å². The molecular weight excluding hydrogens is 304 g/mol. The fourth-order valence-electron chi connectivity index (χ4n) is 2.43. The largest absolute Gasteiger partial charge is 0.325 e. The Kier molecular flexibility index (Phi) is 6.72. The van der Waals surface area contributed by atoms with E-state index in [0.29, 0.717) is 5.82 Å². The van der Waals surface area contributed by atoms with Crippen LogP contribution in [0.1, 0.15) is 39.5 Å². The number of anilines is 1. The molecule has 0 atom stereocenters. The number of carbonyl (C=O) groups excluding carboxylic acids is 1. The molecule has 130 valence electrons. The van der Waals surface area contributed by atoms with Gasteiger partial charge in [0.25, 0.3) is 0 Å². The molecule has 0 aliphatic heterocycles. The second kappa shape index (κ2) is 9.00. The van der Waals surface area contributed by atoms with Crippen LogP contribution < -0.4 is 5.32 Å². The number of nitrogens with zero attached hydrogens (tertiary/aromatic N) is 5. The van der Waals surface area contributed by atoms with Crippen LogP contribution in [0.25, 0.3) is 11.4 Å². The quantitative estimate of drug-likeness (QED) is 0.805. The van der Waals surface area contributed by atoms with E-state index in [2.05, 4.69) is 34.7 Å². The minimum Gasteiger partial charge on any atom is -0.325 e. The van der Waals surface area contributed by atoms with Crippen molar-refractivity contribution < 1.29 is 4.79 Å². The van der Waals surface area contributed by atoms with Gasteiger partial charge in [-0.25, -0.2) is 9.48 Å². The van der Waals surface area contributed by atoms with Crippen molar-refractivity contribution in [1.29, 1.82) is 0 Å². The molecule has 0 radical (unpaired) electrons. The SMILES string of the molecule is CCCCN(CCCC)C(=O)Nc1cccc(-c2nnnn2C)c1. The number of rotatable bonds is 8. The standard InChI is InChI=1S/C17H26N6O/c1-4-6-11-23(12-7-5-2)17(24)18-15-10-8-9-14(13-15)16-19-20-21-22(16)3/h8-10,13H,4-7,11-12H2,1-3H3,(H,18,24). The molecule has 24 heavy (non-hydrogen) atoms. The fourth-order valence-corrected chi connectivity index (χ4v) is 2.43. The summed E-state index contributed by atoms with van der Waals surface area (Å²) in [4.78, 5) is 14.5. The molecule has 0 fully saturated rings. The van der Waals surface area contributed by atoms with Gasteiger partial charge in [0.15, 0.2) is 5.82 Å². The van der Waals surface area contributed by atoms with Crippen LogP contribution in [0, 0.1) is 0 Å². The van der Waals surface area contributed by atoms with E-state index in [9.17, 15) is 4.79 Å². The number of carbonyl (C=O) groups is 1. The molecule has 0 spiro atoms. The number of amides is 2. The summed E-state index contributed by atoms with van der Waals surface area (Å²) in [6, 6.07) is 7.53. The van der Waals surface area contributed by atoms with Crippen molar-refractivity contribution >= 4 is 11.7 Å². The number of aromatic nitrogens is 4. The molecule has 0 saturated carbocycles. The van der Waals surface area contributed by atoms with E-state index in [1.54, 1.807) is 11.7 Å². The van der Waals surface area contributed by atoms with E-state index in [1.807, 2.05) is 29.2 Å². The van der Waals surface area contributed by atoms with Gasteiger partial charge in [-0.05, 0) is 35.4 Å². The first-order valence-corrected chi connectivity index (χ1v) is 8.54. The normalized spacial score (nSPS) is 10.6. The Labute approximate surface area is 143 Å². The molecule has 0 bridgehead atoms. The highest BCUT2D eigenvalue weighted by Gasteiger charge is 2.13. The first-order chi connectivity index (χ1) is 11.7. The number of unbranched alkanes of at least 4 members (excludes halogenated alkanes) is 2. The predicted molar refractivity (Wildman–Crippen MR) is 94.6 cm³/mol. The first-order valence-electron chi connectivity index (χ1n) is 8.54. The van der Waals surface area contributed by atoms with Crippen molar-refractivity contribution in [3.63, 3.8) is 0 Å². The minimum absolute atomic E-state index is 0.0508. The van der Waals surface area contributed by atoms with Crippen molar-refractivity contribution in [3.8, 4) is 11.4 Å². The van der Waals surface area contributed by atoms with E-state index in [4.69, 9.17) is 0 Å². The zero-order valence-electron chi connectivity index (χ0n) is 14.7. The summed E-state index contributed by atoms with van der Waals surface area (Å²) >= 11 is 0. The predicted octanol–water partition coefficient (Wildman–Crippen LogP) is 3.31. The van der Waals surface area contributed by atoms with Crippen LogP contribution in [0.15, 0.2) is 24.3 Å². The Balaban J connectivity index is 2.08. The molecule has 1 heterocycles. The molecule has 0 aliphatic rings. The van der Waals surface area contributed by atoms with Crippen molar-refractivity contribution in [2.75, 3.05) is 18.4 Å². The molecule has 1 aromatic heterocycles. The van der Waals surface area contributed by atoms with Crippen LogP contribution in [0.5, 0.6) is 0 Å². The van der Waals surface area contributed by atoms with Crippen molar-refractivity contribution in [1.82, 2.24) is 25.1 Å². The summed E-state index contributed by atoms with van der Waals surface area (Å²) in [7, 11) is 1.79. The number of tetrazole rings is 1. The topological polar surface area (TPSA) is 75.9 Å². The third kappa shape index (κ3) is 4.78. The molecule has 7 nitrogen and oxygen atoms in total. The lowest BCUT2D eigenvalue weighted by molar-refractivity contribution is 0.210. The number of aryl methyl sites for hydroxylation is 1. The summed E-state index contributed by atoms with van der Waals surface area (Å²) in [5, 5.41) is 14.5. The van der Waals surface area contributed by atoms with Gasteiger partial charge < -0.3 is 10.2 Å². The van der Waals surface area contributed by atoms with Gasteiger partial charge in [0.1, 0.15) is 0 Å². The Morgan fingerprint density at radius 1 is 1.21 bits per heavy atom. The number of hydrogen-bond donors (Lipinski definition) is 1. The minimum atomic E-state index is -0.0508. The maximum Gasteiger partial charge on any atom is 0.321 e. The van der Waals surface area contributed by atoms with Gasteiger partial charge in [-0.1, -0.05) is 38.8 Å². The zero-order valence-corrected chi connectivity index (χ0v) is 14.7. The molecule has 1 aromatic carbocycles. The zero-order chi connectivity index (χ0) is 17.4.